The summed E-state index contributed by atoms with van der Waals surface area (Å²) in [7, 11) is 2.16. The van der Waals surface area contributed by atoms with Crippen LogP contribution in [0.15, 0.2) is 35.2 Å². The van der Waals surface area contributed by atoms with Crippen LogP contribution in [-0.4, -0.2) is 6.04 Å². The fraction of sp³-hybridized carbons (Fsp3) is 0.500. The van der Waals surface area contributed by atoms with Gasteiger partial charge in [-0.3, -0.25) is 0 Å². The summed E-state index contributed by atoms with van der Waals surface area (Å²) in [6.45, 7) is 7.30. The van der Waals surface area contributed by atoms with Crippen LogP contribution < -0.4 is 9.47 Å². The predicted molar refractivity (Wildman–Crippen MR) is 87.8 cm³/mol. The average Bonchev–Trinajstić information content (AvgIpc) is 2.96. The molecule has 0 radical (unpaired) electrons. The van der Waals surface area contributed by atoms with E-state index in [1.807, 2.05) is 11.3 Å². The molecule has 3 aliphatic rings. The summed E-state index contributed by atoms with van der Waals surface area (Å²) >= 11 is 1.87. The molecule has 2 bridgehead atoms. The number of thiophene rings is 1. The molecule has 0 N–H and O–H groups in total. The molecule has 4 heterocycles. The van der Waals surface area contributed by atoms with E-state index in [9.17, 15) is 0 Å². The van der Waals surface area contributed by atoms with Crippen LogP contribution in [0.2, 0.25) is 0 Å². The van der Waals surface area contributed by atoms with Gasteiger partial charge in [0, 0.05) is 17.0 Å². The molecule has 3 unspecified atom stereocenters. The van der Waals surface area contributed by atoms with Gasteiger partial charge in [-0.2, -0.15) is 11.3 Å². The standard InChI is InChI=1S/C18H23N2S/c1-13-17(2)8-9-18(3,15-12-21-11-14(15)17)20(13)16-7-5-6-10-19(16)4/h5-7,10-13H,8-9H2,1-4H3/q+1. The smallest absolute Gasteiger partial charge is 0.249 e. The maximum Gasteiger partial charge on any atom is 0.277 e. The van der Waals surface area contributed by atoms with Crippen molar-refractivity contribution in [2.24, 2.45) is 7.05 Å². The fourth-order valence-corrected chi connectivity index (χ4v) is 5.66. The SMILES string of the molecule is CC1N(c2cccc[n+]2C)C2(C)CCC1(C)c1cscc12. The lowest BCUT2D eigenvalue weighted by atomic mass is 9.58. The van der Waals surface area contributed by atoms with Gasteiger partial charge in [-0.25, -0.2) is 9.47 Å². The Kier molecular flexibility index (Phi) is 2.60. The van der Waals surface area contributed by atoms with Gasteiger partial charge < -0.3 is 0 Å². The maximum atomic E-state index is 2.67. The van der Waals surface area contributed by atoms with Crippen molar-refractivity contribution >= 4 is 17.2 Å². The largest absolute Gasteiger partial charge is 0.277 e. The van der Waals surface area contributed by atoms with Crippen LogP contribution in [0.5, 0.6) is 0 Å². The highest BCUT2D eigenvalue weighted by Gasteiger charge is 2.61. The first kappa shape index (κ1) is 13.3. The van der Waals surface area contributed by atoms with Crippen molar-refractivity contribution in [1.82, 2.24) is 0 Å². The summed E-state index contributed by atoms with van der Waals surface area (Å²) in [6, 6.07) is 7.05. The topological polar surface area (TPSA) is 7.12 Å². The molecule has 0 aromatic carbocycles. The molecular formula is C18H23N2S+. The zero-order valence-corrected chi connectivity index (χ0v) is 14.1. The molecule has 3 atom stereocenters. The Hall–Kier alpha value is -1.35. The third-order valence-electron chi connectivity index (χ3n) is 6.10. The van der Waals surface area contributed by atoms with Crippen LogP contribution in [0, 0.1) is 0 Å². The molecule has 21 heavy (non-hydrogen) atoms. The van der Waals surface area contributed by atoms with Crippen molar-refractivity contribution in [3.63, 3.8) is 0 Å². The van der Waals surface area contributed by atoms with E-state index < -0.39 is 0 Å². The number of rotatable bonds is 1. The van der Waals surface area contributed by atoms with Crippen LogP contribution in [-0.2, 0) is 18.0 Å². The number of pyridine rings is 1. The number of fused-ring (bicyclic) bond motifs is 2. The van der Waals surface area contributed by atoms with Crippen molar-refractivity contribution in [3.05, 3.63) is 46.3 Å². The average molecular weight is 299 g/mol. The highest BCUT2D eigenvalue weighted by atomic mass is 32.1. The summed E-state index contributed by atoms with van der Waals surface area (Å²) in [4.78, 5) is 2.67. The predicted octanol–water partition coefficient (Wildman–Crippen LogP) is 3.75. The minimum absolute atomic E-state index is 0.131. The van der Waals surface area contributed by atoms with Gasteiger partial charge in [0.15, 0.2) is 0 Å². The lowest BCUT2D eigenvalue weighted by molar-refractivity contribution is -0.659. The molecule has 110 valence electrons. The zero-order valence-electron chi connectivity index (χ0n) is 13.3. The second-order valence-electron chi connectivity index (χ2n) is 7.11. The van der Waals surface area contributed by atoms with E-state index in [2.05, 4.69) is 72.4 Å². The van der Waals surface area contributed by atoms with Crippen LogP contribution in [0.3, 0.4) is 0 Å². The van der Waals surface area contributed by atoms with Gasteiger partial charge in [0.1, 0.15) is 11.6 Å². The third kappa shape index (κ3) is 1.50. The summed E-state index contributed by atoms with van der Waals surface area (Å²) in [5, 5.41) is 4.78. The molecule has 3 heteroatoms. The normalized spacial score (nSPS) is 34.1. The molecule has 1 fully saturated rings. The van der Waals surface area contributed by atoms with Crippen molar-refractivity contribution in [1.29, 1.82) is 0 Å². The van der Waals surface area contributed by atoms with E-state index >= 15 is 0 Å². The van der Waals surface area contributed by atoms with Gasteiger partial charge in [0.05, 0.1) is 13.2 Å². The quantitative estimate of drug-likeness (QED) is 0.728. The second-order valence-corrected chi connectivity index (χ2v) is 7.85. The molecule has 2 aromatic heterocycles. The Morgan fingerprint density at radius 2 is 1.95 bits per heavy atom. The molecular weight excluding hydrogens is 276 g/mol. The van der Waals surface area contributed by atoms with Crippen LogP contribution in [0.4, 0.5) is 5.82 Å². The Labute approximate surface area is 131 Å². The van der Waals surface area contributed by atoms with E-state index in [0.717, 1.165) is 0 Å². The van der Waals surface area contributed by atoms with Gasteiger partial charge in [-0.05, 0) is 49.1 Å². The summed E-state index contributed by atoms with van der Waals surface area (Å²) in [5.41, 5.74) is 3.56. The third-order valence-corrected chi connectivity index (χ3v) is 6.85. The first-order chi connectivity index (χ1) is 9.98. The Morgan fingerprint density at radius 1 is 1.19 bits per heavy atom. The van der Waals surface area contributed by atoms with Gasteiger partial charge >= 0.3 is 0 Å². The van der Waals surface area contributed by atoms with Crippen molar-refractivity contribution < 1.29 is 4.57 Å². The lowest BCUT2D eigenvalue weighted by Gasteiger charge is -2.57. The van der Waals surface area contributed by atoms with E-state index in [1.165, 1.54) is 18.7 Å². The first-order valence-corrected chi connectivity index (χ1v) is 8.74. The van der Waals surface area contributed by atoms with E-state index in [0.29, 0.717) is 6.04 Å². The number of anilines is 1. The molecule has 2 aliphatic heterocycles. The Bertz CT molecular complexity index is 707. The molecule has 0 spiro atoms. The summed E-state index contributed by atoms with van der Waals surface area (Å²) in [6.07, 6.45) is 4.69. The molecule has 0 amide bonds. The molecule has 1 saturated heterocycles. The molecule has 2 aromatic rings. The van der Waals surface area contributed by atoms with Gasteiger partial charge in [0.2, 0.25) is 0 Å². The second kappa shape index (κ2) is 4.10. The van der Waals surface area contributed by atoms with Crippen molar-refractivity contribution in [2.45, 2.75) is 50.6 Å². The minimum atomic E-state index is 0.131. The molecule has 5 rings (SSSR count). The van der Waals surface area contributed by atoms with E-state index in [1.54, 1.807) is 11.1 Å². The van der Waals surface area contributed by atoms with Gasteiger partial charge in [0.25, 0.3) is 5.82 Å². The van der Waals surface area contributed by atoms with Crippen LogP contribution in [0.1, 0.15) is 44.7 Å². The number of hydrogen-bond donors (Lipinski definition) is 0. The highest BCUT2D eigenvalue weighted by molar-refractivity contribution is 7.08. The van der Waals surface area contributed by atoms with Gasteiger partial charge in [-0.1, -0.05) is 13.0 Å². The summed E-state index contributed by atoms with van der Waals surface area (Å²) in [5.74, 6) is 1.33. The molecule has 2 nitrogen and oxygen atoms in total. The van der Waals surface area contributed by atoms with Crippen molar-refractivity contribution in [3.8, 4) is 0 Å². The number of hydrogen-bond acceptors (Lipinski definition) is 2. The number of aromatic nitrogens is 1. The minimum Gasteiger partial charge on any atom is -0.249 e. The number of piperidine rings is 1. The lowest BCUT2D eigenvalue weighted by Crippen LogP contribution is -2.67. The Morgan fingerprint density at radius 3 is 2.71 bits per heavy atom. The number of aryl methyl sites for hydroxylation is 1. The summed E-state index contributed by atoms with van der Waals surface area (Å²) < 4.78 is 2.26. The number of nitrogens with zero attached hydrogens (tertiary/aromatic N) is 2. The van der Waals surface area contributed by atoms with E-state index in [4.69, 9.17) is 0 Å². The fourth-order valence-electron chi connectivity index (χ4n) is 4.54. The van der Waals surface area contributed by atoms with Crippen molar-refractivity contribution in [2.75, 3.05) is 4.90 Å². The van der Waals surface area contributed by atoms with Crippen LogP contribution >= 0.6 is 11.3 Å². The Balaban J connectivity index is 1.97. The zero-order chi connectivity index (χ0) is 14.8. The van der Waals surface area contributed by atoms with Gasteiger partial charge in [-0.15, -0.1) is 0 Å². The molecule has 1 aliphatic carbocycles. The van der Waals surface area contributed by atoms with Crippen LogP contribution in [0.25, 0.3) is 0 Å². The first-order valence-electron chi connectivity index (χ1n) is 7.79. The maximum absolute atomic E-state index is 2.67. The highest BCUT2D eigenvalue weighted by Crippen LogP contribution is 2.58. The molecule has 0 saturated carbocycles. The monoisotopic (exact) mass is 299 g/mol. The van der Waals surface area contributed by atoms with E-state index in [-0.39, 0.29) is 11.0 Å².